The minimum Gasteiger partial charge on any atom is -0.368 e. The van der Waals surface area contributed by atoms with Crippen LogP contribution in [0.1, 0.15) is 12.5 Å². The summed E-state index contributed by atoms with van der Waals surface area (Å²) in [6, 6.07) is 15.0. The molecule has 3 nitrogen and oxygen atoms in total. The summed E-state index contributed by atoms with van der Waals surface area (Å²) in [5.41, 5.74) is 6.18. The summed E-state index contributed by atoms with van der Waals surface area (Å²) in [5.74, 6) is -0.445. The van der Waals surface area contributed by atoms with Crippen LogP contribution in [0.15, 0.2) is 53.4 Å². The van der Waals surface area contributed by atoms with Gasteiger partial charge < -0.3 is 11.1 Å². The molecular formula is C16H17ClN2OS. The van der Waals surface area contributed by atoms with E-state index in [1.54, 1.807) is 30.8 Å². The number of primary amides is 1. The molecule has 0 aliphatic carbocycles. The fourth-order valence-electron chi connectivity index (χ4n) is 2.06. The second-order valence-corrected chi connectivity index (χ2v) is 6.17. The first-order chi connectivity index (χ1) is 9.95. The van der Waals surface area contributed by atoms with E-state index in [0.29, 0.717) is 5.02 Å². The van der Waals surface area contributed by atoms with Gasteiger partial charge in [0.1, 0.15) is 5.54 Å². The van der Waals surface area contributed by atoms with Gasteiger partial charge in [0.2, 0.25) is 5.91 Å². The Hall–Kier alpha value is -1.65. The third kappa shape index (κ3) is 3.52. The standard InChI is InChI=1S/C16H17ClN2OS/c1-16(15(18)20,11-6-8-14(21-2)9-7-11)19-13-5-3-4-12(17)10-13/h3-10,19H,1-2H3,(H2,18,20). The SMILES string of the molecule is CSc1ccc(C(C)(Nc2cccc(Cl)c2)C(N)=O)cc1. The van der Waals surface area contributed by atoms with Gasteiger partial charge in [0.05, 0.1) is 0 Å². The van der Waals surface area contributed by atoms with Crippen molar-refractivity contribution in [2.45, 2.75) is 17.4 Å². The summed E-state index contributed by atoms with van der Waals surface area (Å²) in [5, 5.41) is 3.79. The first kappa shape index (κ1) is 15.7. The molecule has 2 aromatic carbocycles. The van der Waals surface area contributed by atoms with Crippen LogP contribution >= 0.6 is 23.4 Å². The van der Waals surface area contributed by atoms with Crippen LogP contribution in [0.3, 0.4) is 0 Å². The average molecular weight is 321 g/mol. The highest BCUT2D eigenvalue weighted by Gasteiger charge is 2.33. The number of carbonyl (C=O) groups excluding carboxylic acids is 1. The van der Waals surface area contributed by atoms with Gasteiger partial charge in [-0.15, -0.1) is 11.8 Å². The van der Waals surface area contributed by atoms with E-state index >= 15 is 0 Å². The maximum Gasteiger partial charge on any atom is 0.247 e. The molecule has 2 rings (SSSR count). The van der Waals surface area contributed by atoms with Crippen LogP contribution in [0.25, 0.3) is 0 Å². The highest BCUT2D eigenvalue weighted by Crippen LogP contribution is 2.28. The van der Waals surface area contributed by atoms with Crippen LogP contribution in [0.5, 0.6) is 0 Å². The lowest BCUT2D eigenvalue weighted by Crippen LogP contribution is -2.45. The van der Waals surface area contributed by atoms with Gasteiger partial charge in [-0.1, -0.05) is 29.8 Å². The number of thioether (sulfide) groups is 1. The van der Waals surface area contributed by atoms with Gasteiger partial charge in [0, 0.05) is 15.6 Å². The second kappa shape index (κ2) is 6.41. The molecule has 0 bridgehead atoms. The minimum atomic E-state index is -0.998. The van der Waals surface area contributed by atoms with Gasteiger partial charge in [-0.05, 0) is 49.1 Å². The van der Waals surface area contributed by atoms with Crippen molar-refractivity contribution in [3.8, 4) is 0 Å². The lowest BCUT2D eigenvalue weighted by atomic mass is 9.91. The highest BCUT2D eigenvalue weighted by atomic mass is 35.5. The van der Waals surface area contributed by atoms with Crippen LogP contribution in [0.2, 0.25) is 5.02 Å². The van der Waals surface area contributed by atoms with Gasteiger partial charge in [-0.3, -0.25) is 4.79 Å². The molecule has 0 heterocycles. The van der Waals surface area contributed by atoms with Gasteiger partial charge in [0.15, 0.2) is 0 Å². The van der Waals surface area contributed by atoms with Crippen molar-refractivity contribution in [3.05, 3.63) is 59.1 Å². The predicted octanol–water partition coefficient (Wildman–Crippen LogP) is 3.87. The number of halogens is 1. The lowest BCUT2D eigenvalue weighted by molar-refractivity contribution is -0.122. The molecule has 5 heteroatoms. The monoisotopic (exact) mass is 320 g/mol. The third-order valence-corrected chi connectivity index (χ3v) is 4.36. The molecule has 0 fully saturated rings. The van der Waals surface area contributed by atoms with Crippen molar-refractivity contribution in [3.63, 3.8) is 0 Å². The van der Waals surface area contributed by atoms with Crippen LogP contribution < -0.4 is 11.1 Å². The molecule has 110 valence electrons. The Morgan fingerprint density at radius 2 is 1.90 bits per heavy atom. The van der Waals surface area contributed by atoms with Gasteiger partial charge >= 0.3 is 0 Å². The minimum absolute atomic E-state index is 0.445. The fourth-order valence-corrected chi connectivity index (χ4v) is 2.65. The molecule has 0 aliphatic rings. The summed E-state index contributed by atoms with van der Waals surface area (Å²) >= 11 is 7.63. The van der Waals surface area contributed by atoms with Crippen molar-refractivity contribution in [2.24, 2.45) is 5.73 Å². The Labute approximate surface area is 133 Å². The summed E-state index contributed by atoms with van der Waals surface area (Å²) in [7, 11) is 0. The van der Waals surface area contributed by atoms with Crippen molar-refractivity contribution in [1.29, 1.82) is 0 Å². The number of rotatable bonds is 5. The number of nitrogens with one attached hydrogen (secondary N) is 1. The summed E-state index contributed by atoms with van der Waals surface area (Å²) in [6.45, 7) is 1.77. The van der Waals surface area contributed by atoms with Crippen LogP contribution in [-0.2, 0) is 10.3 Å². The van der Waals surface area contributed by atoms with E-state index in [-0.39, 0.29) is 0 Å². The maximum absolute atomic E-state index is 12.0. The number of hydrogen-bond donors (Lipinski definition) is 2. The number of anilines is 1. The molecule has 1 atom stereocenters. The van der Waals surface area contributed by atoms with Gasteiger partial charge in [-0.2, -0.15) is 0 Å². The second-order valence-electron chi connectivity index (χ2n) is 4.85. The number of nitrogens with two attached hydrogens (primary N) is 1. The number of amides is 1. The van der Waals surface area contributed by atoms with E-state index in [4.69, 9.17) is 17.3 Å². The van der Waals surface area contributed by atoms with E-state index in [1.807, 2.05) is 42.7 Å². The largest absolute Gasteiger partial charge is 0.368 e. The average Bonchev–Trinajstić information content (AvgIpc) is 2.47. The molecule has 2 aromatic rings. The first-order valence-corrected chi connectivity index (χ1v) is 8.04. The molecular weight excluding hydrogens is 304 g/mol. The number of carbonyl (C=O) groups is 1. The van der Waals surface area contributed by atoms with Gasteiger partial charge in [0.25, 0.3) is 0 Å². The van der Waals surface area contributed by atoms with Crippen LogP contribution in [0, 0.1) is 0 Å². The van der Waals surface area contributed by atoms with Crippen molar-refractivity contribution in [2.75, 3.05) is 11.6 Å². The maximum atomic E-state index is 12.0. The van der Waals surface area contributed by atoms with Crippen LogP contribution in [0.4, 0.5) is 5.69 Å². The molecule has 1 unspecified atom stereocenters. The third-order valence-electron chi connectivity index (χ3n) is 3.38. The smallest absolute Gasteiger partial charge is 0.247 e. The molecule has 0 aromatic heterocycles. The van der Waals surface area contributed by atoms with E-state index in [1.165, 1.54) is 0 Å². The molecule has 0 saturated carbocycles. The molecule has 21 heavy (non-hydrogen) atoms. The summed E-state index contributed by atoms with van der Waals surface area (Å²) in [6.07, 6.45) is 2.01. The first-order valence-electron chi connectivity index (χ1n) is 6.44. The molecule has 1 amide bonds. The molecule has 0 spiro atoms. The summed E-state index contributed by atoms with van der Waals surface area (Å²) in [4.78, 5) is 13.1. The zero-order valence-electron chi connectivity index (χ0n) is 11.9. The van der Waals surface area contributed by atoms with Crippen molar-refractivity contribution < 1.29 is 4.79 Å². The van der Waals surface area contributed by atoms with E-state index in [2.05, 4.69) is 5.32 Å². The van der Waals surface area contributed by atoms with Crippen LogP contribution in [-0.4, -0.2) is 12.2 Å². The van der Waals surface area contributed by atoms with E-state index < -0.39 is 11.4 Å². The molecule has 0 aliphatic heterocycles. The molecule has 0 saturated heterocycles. The van der Waals surface area contributed by atoms with Gasteiger partial charge in [-0.25, -0.2) is 0 Å². The highest BCUT2D eigenvalue weighted by molar-refractivity contribution is 7.98. The zero-order valence-corrected chi connectivity index (χ0v) is 13.5. The summed E-state index contributed by atoms with van der Waals surface area (Å²) < 4.78 is 0. The fraction of sp³-hybridized carbons (Fsp3) is 0.188. The Morgan fingerprint density at radius 1 is 1.24 bits per heavy atom. The number of hydrogen-bond acceptors (Lipinski definition) is 3. The van der Waals surface area contributed by atoms with E-state index in [9.17, 15) is 4.79 Å². The number of benzene rings is 2. The lowest BCUT2D eigenvalue weighted by Gasteiger charge is -2.29. The molecule has 3 N–H and O–H groups in total. The predicted molar refractivity (Wildman–Crippen MR) is 89.8 cm³/mol. The van der Waals surface area contributed by atoms with Crippen molar-refractivity contribution >= 4 is 35.0 Å². The van der Waals surface area contributed by atoms with E-state index in [0.717, 1.165) is 16.1 Å². The zero-order chi connectivity index (χ0) is 15.5. The normalized spacial score (nSPS) is 13.5. The quantitative estimate of drug-likeness (QED) is 0.822. The Bertz CT molecular complexity index is 645. The van der Waals surface area contributed by atoms with Crippen molar-refractivity contribution in [1.82, 2.24) is 0 Å². The Morgan fingerprint density at radius 3 is 2.43 bits per heavy atom. The Balaban J connectivity index is 2.37. The Kier molecular flexibility index (Phi) is 4.80. The topological polar surface area (TPSA) is 55.1 Å². The molecule has 0 radical (unpaired) electrons.